The molecule has 6 nitrogen and oxygen atoms in total. The van der Waals surface area contributed by atoms with E-state index in [2.05, 4.69) is 5.16 Å². The van der Waals surface area contributed by atoms with E-state index in [1.165, 1.54) is 0 Å². The summed E-state index contributed by atoms with van der Waals surface area (Å²) in [6, 6.07) is 14.9. The molecule has 0 bridgehead atoms. The van der Waals surface area contributed by atoms with E-state index in [9.17, 15) is 19.5 Å². The molecule has 0 N–H and O–H groups in total. The van der Waals surface area contributed by atoms with Crippen molar-refractivity contribution in [1.82, 2.24) is 0 Å². The number of carboxylic acid groups (broad SMARTS) is 1. The smallest absolute Gasteiger partial charge is 0.549 e. The van der Waals surface area contributed by atoms with E-state index < -0.39 is 11.9 Å². The number of ketones is 1. The maximum Gasteiger partial charge on any atom is 1.00 e. The monoisotopic (exact) mass is 391 g/mol. The molecule has 2 aromatic rings. The van der Waals surface area contributed by atoms with Crippen LogP contribution in [0.3, 0.4) is 0 Å². The summed E-state index contributed by atoms with van der Waals surface area (Å²) in [7, 11) is 0. The maximum absolute atomic E-state index is 12.7. The van der Waals surface area contributed by atoms with Crippen molar-refractivity contribution in [3.8, 4) is 0 Å². The van der Waals surface area contributed by atoms with Crippen LogP contribution in [0.4, 0.5) is 0 Å². The second-order valence-electron chi connectivity index (χ2n) is 5.55. The first-order chi connectivity index (χ1) is 13.0. The van der Waals surface area contributed by atoms with Gasteiger partial charge in [-0.25, -0.2) is 4.79 Å². The maximum atomic E-state index is 12.7. The molecule has 0 radical (unpaired) electrons. The third kappa shape index (κ3) is 7.35. The minimum atomic E-state index is -1.18. The summed E-state index contributed by atoms with van der Waals surface area (Å²) in [6.07, 6.45) is 0.990. The normalized spacial score (nSPS) is 10.7. The number of hydrogen-bond acceptors (Lipinski definition) is 7. The molecule has 8 heteroatoms. The van der Waals surface area contributed by atoms with Crippen LogP contribution in [-0.2, 0) is 9.63 Å². The van der Waals surface area contributed by atoms with Crippen molar-refractivity contribution >= 4 is 35.2 Å². The molecule has 0 aliphatic carbocycles. The number of benzene rings is 2. The largest absolute Gasteiger partial charge is 1.00 e. The van der Waals surface area contributed by atoms with Crippen molar-refractivity contribution in [2.75, 3.05) is 5.75 Å². The van der Waals surface area contributed by atoms with Crippen LogP contribution in [0, 0.1) is 0 Å². The molecule has 0 aromatic heterocycles. The van der Waals surface area contributed by atoms with Crippen LogP contribution in [0.1, 0.15) is 40.5 Å². The number of rotatable bonds is 9. The topological polar surface area (TPSA) is 95.9 Å². The van der Waals surface area contributed by atoms with Crippen LogP contribution in [-0.4, -0.2) is 29.2 Å². The average Bonchev–Trinajstić information content (AvgIpc) is 2.69. The van der Waals surface area contributed by atoms with E-state index in [1.807, 2.05) is 6.92 Å². The van der Waals surface area contributed by atoms with E-state index in [0.29, 0.717) is 28.9 Å². The summed E-state index contributed by atoms with van der Waals surface area (Å²) in [6.45, 7) is 1.88. The predicted octanol–water partition coefficient (Wildman–Crippen LogP) is -0.272. The molecule has 0 fully saturated rings. The number of hydrogen-bond donors (Lipinski definition) is 0. The van der Waals surface area contributed by atoms with Gasteiger partial charge in [-0.1, -0.05) is 48.8 Å². The summed E-state index contributed by atoms with van der Waals surface area (Å²) in [5.41, 5.74) is 0.815. The van der Waals surface area contributed by atoms with Gasteiger partial charge in [-0.05, 0) is 30.7 Å². The van der Waals surface area contributed by atoms with Crippen LogP contribution >= 0.6 is 11.8 Å². The third-order valence-electron chi connectivity index (χ3n) is 3.45. The van der Waals surface area contributed by atoms with Crippen molar-refractivity contribution in [3.63, 3.8) is 0 Å². The molecule has 2 rings (SSSR count). The zero-order valence-corrected chi connectivity index (χ0v) is 16.5. The fourth-order valence-corrected chi connectivity index (χ4v) is 2.87. The average molecular weight is 391 g/mol. The van der Waals surface area contributed by atoms with Gasteiger partial charge in [0.15, 0.2) is 0 Å². The second kappa shape index (κ2) is 12.2. The Labute approximate surface area is 179 Å². The van der Waals surface area contributed by atoms with E-state index >= 15 is 0 Å². The molecular weight excluding hydrogens is 373 g/mol. The molecule has 0 amide bonds. The quantitative estimate of drug-likeness (QED) is 0.146. The Bertz CT molecular complexity index is 855. The summed E-state index contributed by atoms with van der Waals surface area (Å²) < 4.78 is 0. The van der Waals surface area contributed by atoms with Gasteiger partial charge in [-0.3, -0.25) is 4.79 Å². The molecule has 0 aliphatic heterocycles. The minimum absolute atomic E-state index is 0. The standard InChI is InChI=1S/C20H19NO5S.Li/c1-2-7-17(21-26-20(25)14-8-4-3-5-9-14)19(24)15-10-6-11-16(12-15)27-13-18(22)23;/h3-6,8-12H,2,7,13H2,1H3,(H,22,23);/q;+1/p-1/b21-17+;. The SMILES string of the molecule is CCC/C(=N\OC(=O)c1ccccc1)C(=O)c1cccc(SCC(=O)[O-])c1.[Li+]. The van der Waals surface area contributed by atoms with Gasteiger partial charge in [0.25, 0.3) is 0 Å². The fraction of sp³-hybridized carbons (Fsp3) is 0.200. The molecule has 0 heterocycles. The molecule has 2 aromatic carbocycles. The van der Waals surface area contributed by atoms with Crippen LogP contribution in [0.15, 0.2) is 64.6 Å². The number of aliphatic carboxylic acids is 1. The second-order valence-corrected chi connectivity index (χ2v) is 6.60. The third-order valence-corrected chi connectivity index (χ3v) is 4.42. The zero-order valence-electron chi connectivity index (χ0n) is 15.7. The van der Waals surface area contributed by atoms with Gasteiger partial charge in [0.05, 0.1) is 11.5 Å². The van der Waals surface area contributed by atoms with Gasteiger partial charge >= 0.3 is 24.8 Å². The van der Waals surface area contributed by atoms with Crippen molar-refractivity contribution in [3.05, 3.63) is 65.7 Å². The Morgan fingerprint density at radius 3 is 2.36 bits per heavy atom. The molecule has 0 aliphatic rings. The summed E-state index contributed by atoms with van der Waals surface area (Å²) in [5, 5.41) is 14.4. The molecule has 140 valence electrons. The molecule has 0 saturated heterocycles. The summed E-state index contributed by atoms with van der Waals surface area (Å²) in [5.74, 6) is -2.40. The number of carbonyl (C=O) groups excluding carboxylic acids is 3. The molecule has 28 heavy (non-hydrogen) atoms. The summed E-state index contributed by atoms with van der Waals surface area (Å²) in [4.78, 5) is 40.9. The van der Waals surface area contributed by atoms with Crippen molar-refractivity contribution < 1.29 is 43.2 Å². The molecular formula is C20H18LiNO5S. The Kier molecular flexibility index (Phi) is 10.3. The number of oxime groups is 1. The van der Waals surface area contributed by atoms with Crippen molar-refractivity contribution in [2.45, 2.75) is 24.7 Å². The number of nitrogens with zero attached hydrogens (tertiary/aromatic N) is 1. The van der Waals surface area contributed by atoms with Gasteiger partial charge in [0, 0.05) is 16.2 Å². The summed E-state index contributed by atoms with van der Waals surface area (Å²) >= 11 is 1.06. The molecule has 0 spiro atoms. The Morgan fingerprint density at radius 1 is 1.04 bits per heavy atom. The fourth-order valence-electron chi connectivity index (χ4n) is 2.20. The number of carbonyl (C=O) groups is 3. The number of thioether (sulfide) groups is 1. The Balaban J connectivity index is 0.00000392. The van der Waals surface area contributed by atoms with Crippen LogP contribution in [0.5, 0.6) is 0 Å². The van der Waals surface area contributed by atoms with Crippen LogP contribution in [0.2, 0.25) is 0 Å². The number of carboxylic acids is 1. The molecule has 0 saturated carbocycles. The Hall–Kier alpha value is -2.33. The van der Waals surface area contributed by atoms with E-state index in [4.69, 9.17) is 4.84 Å². The number of Topliss-reactive ketones (excluding diaryl/α,β-unsaturated/α-hetero) is 1. The van der Waals surface area contributed by atoms with Crippen LogP contribution in [0.25, 0.3) is 0 Å². The molecule has 0 atom stereocenters. The van der Waals surface area contributed by atoms with E-state index in [-0.39, 0.29) is 36.1 Å². The minimum Gasteiger partial charge on any atom is -0.549 e. The molecule has 0 unspecified atom stereocenters. The van der Waals surface area contributed by atoms with E-state index in [1.54, 1.807) is 54.6 Å². The van der Waals surface area contributed by atoms with Gasteiger partial charge < -0.3 is 14.7 Å². The Morgan fingerprint density at radius 2 is 1.71 bits per heavy atom. The van der Waals surface area contributed by atoms with Gasteiger partial charge in [0.1, 0.15) is 5.71 Å². The van der Waals surface area contributed by atoms with Gasteiger partial charge in [-0.2, -0.15) is 0 Å². The first-order valence-corrected chi connectivity index (χ1v) is 9.30. The van der Waals surface area contributed by atoms with Crippen molar-refractivity contribution in [1.29, 1.82) is 0 Å². The van der Waals surface area contributed by atoms with E-state index in [0.717, 1.165) is 11.8 Å². The first kappa shape index (κ1) is 23.7. The van der Waals surface area contributed by atoms with Gasteiger partial charge in [0.2, 0.25) is 5.78 Å². The predicted molar refractivity (Wildman–Crippen MR) is 101 cm³/mol. The van der Waals surface area contributed by atoms with Crippen molar-refractivity contribution in [2.24, 2.45) is 5.16 Å². The van der Waals surface area contributed by atoms with Crippen LogP contribution < -0.4 is 24.0 Å². The van der Waals surface area contributed by atoms with Gasteiger partial charge in [-0.15, -0.1) is 11.8 Å². The zero-order chi connectivity index (χ0) is 19.6. The first-order valence-electron chi connectivity index (χ1n) is 8.32.